The van der Waals surface area contributed by atoms with E-state index >= 15 is 0 Å². The molecule has 14 heavy (non-hydrogen) atoms. The highest BCUT2D eigenvalue weighted by Crippen LogP contribution is 2.39. The smallest absolute Gasteiger partial charge is 0.232 e. The maximum absolute atomic E-state index is 11.6. The Balaban J connectivity index is 2.03. The van der Waals surface area contributed by atoms with Crippen LogP contribution in [0.4, 0.5) is 0 Å². The zero-order valence-corrected chi connectivity index (χ0v) is 10.1. The molecule has 2 atom stereocenters. The fourth-order valence-corrected chi connectivity index (χ4v) is 6.13. The molecule has 0 N–H and O–H groups in total. The lowest BCUT2D eigenvalue weighted by atomic mass is 10.0. The highest BCUT2D eigenvalue weighted by Gasteiger charge is 2.41. The zero-order chi connectivity index (χ0) is 10.3. The van der Waals surface area contributed by atoms with Gasteiger partial charge in [0.2, 0.25) is 9.05 Å². The fraction of sp³-hybridized carbons (Fsp3) is 1.00. The molecule has 0 saturated carbocycles. The van der Waals surface area contributed by atoms with Crippen molar-refractivity contribution in [3.8, 4) is 0 Å². The molecule has 0 aromatic carbocycles. The van der Waals surface area contributed by atoms with Crippen LogP contribution in [0.15, 0.2) is 0 Å². The molecule has 2 bridgehead atoms. The summed E-state index contributed by atoms with van der Waals surface area (Å²) in [5.41, 5.74) is 0. The minimum atomic E-state index is -3.39. The Bertz CT molecular complexity index is 336. The van der Waals surface area contributed by atoms with Crippen molar-refractivity contribution in [3.05, 3.63) is 0 Å². The van der Waals surface area contributed by atoms with Gasteiger partial charge in [-0.3, -0.25) is 4.21 Å². The third-order valence-corrected chi connectivity index (χ3v) is 6.51. The van der Waals surface area contributed by atoms with E-state index in [9.17, 15) is 12.6 Å². The van der Waals surface area contributed by atoms with Crippen molar-refractivity contribution in [2.45, 2.75) is 36.2 Å². The SMILES string of the molecule is O=S1C2CCC1CC(CS(=O)(=O)Cl)C2. The Morgan fingerprint density at radius 1 is 1.21 bits per heavy atom. The molecule has 0 spiro atoms. The average molecular weight is 257 g/mol. The lowest BCUT2D eigenvalue weighted by Gasteiger charge is -2.26. The Kier molecular flexibility index (Phi) is 2.92. The fourth-order valence-electron chi connectivity index (χ4n) is 2.56. The minimum Gasteiger partial charge on any atom is -0.259 e. The summed E-state index contributed by atoms with van der Waals surface area (Å²) >= 11 is 0. The molecule has 2 saturated heterocycles. The second-order valence-electron chi connectivity index (χ2n) is 4.19. The first-order valence-corrected chi connectivity index (χ1v) is 8.53. The topological polar surface area (TPSA) is 51.2 Å². The standard InChI is InChI=1S/C8H13ClO3S2/c9-14(11,12)5-6-3-7-1-2-8(4-6)13(7)10/h6-8H,1-5H2. The Morgan fingerprint density at radius 2 is 1.71 bits per heavy atom. The van der Waals surface area contributed by atoms with Gasteiger partial charge >= 0.3 is 0 Å². The second kappa shape index (κ2) is 3.76. The van der Waals surface area contributed by atoms with E-state index in [2.05, 4.69) is 0 Å². The van der Waals surface area contributed by atoms with Crippen molar-refractivity contribution < 1.29 is 12.6 Å². The molecular weight excluding hydrogens is 244 g/mol. The summed E-state index contributed by atoms with van der Waals surface area (Å²) in [6.07, 6.45) is 3.54. The van der Waals surface area contributed by atoms with Gasteiger partial charge in [-0.2, -0.15) is 0 Å². The Hall–Kier alpha value is 0.390. The van der Waals surface area contributed by atoms with E-state index < -0.39 is 19.9 Å². The Labute approximate surface area is 91.1 Å². The third kappa shape index (κ3) is 2.31. The molecule has 0 aromatic heterocycles. The van der Waals surface area contributed by atoms with Crippen molar-refractivity contribution in [1.82, 2.24) is 0 Å². The highest BCUT2D eigenvalue weighted by atomic mass is 35.7. The molecule has 2 aliphatic rings. The molecule has 2 unspecified atom stereocenters. The van der Waals surface area contributed by atoms with Crippen molar-refractivity contribution in [3.63, 3.8) is 0 Å². The van der Waals surface area contributed by atoms with Crippen molar-refractivity contribution in [2.75, 3.05) is 5.75 Å². The predicted octanol–water partition coefficient (Wildman–Crippen LogP) is 1.24. The van der Waals surface area contributed by atoms with Gasteiger partial charge in [0.25, 0.3) is 0 Å². The van der Waals surface area contributed by atoms with Crippen LogP contribution < -0.4 is 0 Å². The van der Waals surface area contributed by atoms with Gasteiger partial charge in [-0.1, -0.05) is 0 Å². The van der Waals surface area contributed by atoms with E-state index in [4.69, 9.17) is 10.7 Å². The Morgan fingerprint density at radius 3 is 2.14 bits per heavy atom. The lowest BCUT2D eigenvalue weighted by Crippen LogP contribution is -2.30. The van der Waals surface area contributed by atoms with Gasteiger partial charge < -0.3 is 0 Å². The second-order valence-corrected chi connectivity index (χ2v) is 9.00. The lowest BCUT2D eigenvalue weighted by molar-refractivity contribution is 0.478. The molecule has 0 aromatic rings. The van der Waals surface area contributed by atoms with Gasteiger partial charge in [-0.05, 0) is 31.6 Å². The summed E-state index contributed by atoms with van der Waals surface area (Å²) in [7, 11) is 1.12. The molecule has 2 heterocycles. The van der Waals surface area contributed by atoms with Crippen LogP contribution in [-0.4, -0.2) is 28.9 Å². The molecule has 0 radical (unpaired) electrons. The van der Waals surface area contributed by atoms with Crippen LogP contribution in [0.1, 0.15) is 25.7 Å². The normalized spacial score (nSPS) is 42.6. The molecule has 3 nitrogen and oxygen atoms in total. The van der Waals surface area contributed by atoms with Crippen LogP contribution in [0.5, 0.6) is 0 Å². The van der Waals surface area contributed by atoms with Crippen LogP contribution in [0, 0.1) is 5.92 Å². The average Bonchev–Trinajstić information content (AvgIpc) is 2.32. The maximum atomic E-state index is 11.6. The van der Waals surface area contributed by atoms with Crippen molar-refractivity contribution in [1.29, 1.82) is 0 Å². The van der Waals surface area contributed by atoms with E-state index in [-0.39, 0.29) is 22.2 Å². The molecule has 6 heteroatoms. The minimum absolute atomic E-state index is 0.0543. The zero-order valence-electron chi connectivity index (χ0n) is 7.69. The monoisotopic (exact) mass is 256 g/mol. The summed E-state index contributed by atoms with van der Waals surface area (Å²) in [6.45, 7) is 0. The van der Waals surface area contributed by atoms with Crippen LogP contribution >= 0.6 is 10.7 Å². The highest BCUT2D eigenvalue weighted by molar-refractivity contribution is 8.13. The quantitative estimate of drug-likeness (QED) is 0.699. The van der Waals surface area contributed by atoms with Gasteiger partial charge in [0.1, 0.15) is 0 Å². The number of fused-ring (bicyclic) bond motifs is 2. The molecule has 82 valence electrons. The van der Waals surface area contributed by atoms with E-state index in [1.165, 1.54) is 0 Å². The molecular formula is C8H13ClO3S2. The summed E-state index contributed by atoms with van der Waals surface area (Å²) in [5, 5.41) is 0.467. The van der Waals surface area contributed by atoms with Crippen molar-refractivity contribution in [2.24, 2.45) is 5.92 Å². The molecule has 0 aliphatic carbocycles. The van der Waals surface area contributed by atoms with E-state index in [1.807, 2.05) is 0 Å². The summed E-state index contributed by atoms with van der Waals surface area (Å²) < 4.78 is 33.4. The van der Waals surface area contributed by atoms with Gasteiger partial charge in [-0.15, -0.1) is 0 Å². The van der Waals surface area contributed by atoms with Gasteiger partial charge in [-0.25, -0.2) is 8.42 Å². The first-order chi connectivity index (χ1) is 6.46. The number of hydrogen-bond donors (Lipinski definition) is 0. The van der Waals surface area contributed by atoms with Crippen LogP contribution in [0.3, 0.4) is 0 Å². The number of rotatable bonds is 2. The summed E-state index contributed by atoms with van der Waals surface area (Å²) in [6, 6.07) is 0. The van der Waals surface area contributed by atoms with Gasteiger partial charge in [0.15, 0.2) is 0 Å². The molecule has 2 aliphatic heterocycles. The van der Waals surface area contributed by atoms with E-state index in [0.717, 1.165) is 25.7 Å². The maximum Gasteiger partial charge on any atom is 0.232 e. The van der Waals surface area contributed by atoms with Crippen LogP contribution in [-0.2, 0) is 19.9 Å². The predicted molar refractivity (Wildman–Crippen MR) is 57.3 cm³/mol. The first kappa shape index (κ1) is 10.9. The number of halogens is 1. The van der Waals surface area contributed by atoms with Crippen LogP contribution in [0.25, 0.3) is 0 Å². The van der Waals surface area contributed by atoms with E-state index in [0.29, 0.717) is 0 Å². The molecule has 0 amide bonds. The summed E-state index contributed by atoms with van der Waals surface area (Å²) in [4.78, 5) is 0. The number of hydrogen-bond acceptors (Lipinski definition) is 3. The van der Waals surface area contributed by atoms with Crippen LogP contribution in [0.2, 0.25) is 0 Å². The first-order valence-electron chi connectivity index (χ1n) is 4.77. The van der Waals surface area contributed by atoms with E-state index in [1.54, 1.807) is 0 Å². The summed E-state index contributed by atoms with van der Waals surface area (Å²) in [5.74, 6) is 0.186. The van der Waals surface area contributed by atoms with Gasteiger partial charge in [0.05, 0.1) is 5.75 Å². The largest absolute Gasteiger partial charge is 0.259 e. The molecule has 2 rings (SSSR count). The molecule has 2 fully saturated rings. The van der Waals surface area contributed by atoms with Crippen molar-refractivity contribution >= 4 is 30.5 Å². The van der Waals surface area contributed by atoms with Gasteiger partial charge in [0, 0.05) is 32.0 Å². The third-order valence-electron chi connectivity index (χ3n) is 3.09.